The predicted molar refractivity (Wildman–Crippen MR) is 85.4 cm³/mol. The Kier molecular flexibility index (Phi) is 3.01. The van der Waals surface area contributed by atoms with Crippen LogP contribution in [0.3, 0.4) is 0 Å². The summed E-state index contributed by atoms with van der Waals surface area (Å²) in [7, 11) is 0. The first-order chi connectivity index (χ1) is 11.1. The zero-order chi connectivity index (χ0) is 16.0. The van der Waals surface area contributed by atoms with E-state index >= 15 is 0 Å². The Morgan fingerprint density at radius 3 is 2.39 bits per heavy atom. The number of fused-ring (bicyclic) bond motifs is 1. The standard InChI is InChI=1S/C18H14N2O3/c21-17(18(22)23)12-3-1-11(2-4-12)13-5-6-14-10-19-20(15-7-8-15)16(14)9-13/h1-6,9-10,15H,7-8H2,(H,22,23). The van der Waals surface area contributed by atoms with Gasteiger partial charge in [-0.15, -0.1) is 0 Å². The molecule has 1 N–H and O–H groups in total. The quantitative estimate of drug-likeness (QED) is 0.593. The zero-order valence-corrected chi connectivity index (χ0v) is 12.3. The van der Waals surface area contributed by atoms with Gasteiger partial charge in [0.15, 0.2) is 0 Å². The van der Waals surface area contributed by atoms with Crippen LogP contribution in [0.5, 0.6) is 0 Å². The van der Waals surface area contributed by atoms with E-state index < -0.39 is 11.8 Å². The van der Waals surface area contributed by atoms with E-state index in [-0.39, 0.29) is 5.56 Å². The van der Waals surface area contributed by atoms with Crippen LogP contribution in [0, 0.1) is 0 Å². The van der Waals surface area contributed by atoms with E-state index in [0.717, 1.165) is 22.0 Å². The van der Waals surface area contributed by atoms with Crippen LogP contribution in [0.15, 0.2) is 48.7 Å². The molecule has 5 heteroatoms. The van der Waals surface area contributed by atoms with Gasteiger partial charge in [0.25, 0.3) is 5.78 Å². The minimum atomic E-state index is -1.44. The highest BCUT2D eigenvalue weighted by Crippen LogP contribution is 2.37. The maximum atomic E-state index is 11.4. The smallest absolute Gasteiger partial charge is 0.377 e. The molecule has 1 fully saturated rings. The third kappa shape index (κ3) is 2.40. The van der Waals surface area contributed by atoms with Gasteiger partial charge in [0.1, 0.15) is 0 Å². The van der Waals surface area contributed by atoms with E-state index in [4.69, 9.17) is 5.11 Å². The number of carboxylic acids is 1. The monoisotopic (exact) mass is 306 g/mol. The summed E-state index contributed by atoms with van der Waals surface area (Å²) in [5.74, 6) is -2.33. The molecular weight excluding hydrogens is 292 g/mol. The fourth-order valence-electron chi connectivity index (χ4n) is 2.77. The average molecular weight is 306 g/mol. The molecule has 0 spiro atoms. The van der Waals surface area contributed by atoms with Crippen molar-refractivity contribution in [3.63, 3.8) is 0 Å². The van der Waals surface area contributed by atoms with Gasteiger partial charge >= 0.3 is 5.97 Å². The van der Waals surface area contributed by atoms with Crippen LogP contribution in [0.25, 0.3) is 22.0 Å². The molecule has 1 saturated carbocycles. The molecule has 1 aliphatic rings. The first kappa shape index (κ1) is 13.7. The van der Waals surface area contributed by atoms with Gasteiger partial charge in [0, 0.05) is 10.9 Å². The largest absolute Gasteiger partial charge is 0.475 e. The number of Topliss-reactive ketones (excluding diaryl/α,β-unsaturated/α-hetero) is 1. The molecule has 0 unspecified atom stereocenters. The maximum absolute atomic E-state index is 11.4. The zero-order valence-electron chi connectivity index (χ0n) is 12.3. The van der Waals surface area contributed by atoms with E-state index in [0.29, 0.717) is 6.04 Å². The summed E-state index contributed by atoms with van der Waals surface area (Å²) in [6, 6.07) is 13.3. The van der Waals surface area contributed by atoms with Gasteiger partial charge in [0.05, 0.1) is 17.8 Å². The summed E-state index contributed by atoms with van der Waals surface area (Å²) >= 11 is 0. The summed E-state index contributed by atoms with van der Waals surface area (Å²) in [6.07, 6.45) is 4.23. The van der Waals surface area contributed by atoms with Crippen molar-refractivity contribution in [2.75, 3.05) is 0 Å². The van der Waals surface area contributed by atoms with Crippen LogP contribution >= 0.6 is 0 Å². The Labute approximate surface area is 132 Å². The van der Waals surface area contributed by atoms with Crippen LogP contribution in [-0.4, -0.2) is 26.6 Å². The molecule has 0 radical (unpaired) electrons. The van der Waals surface area contributed by atoms with Gasteiger partial charge < -0.3 is 5.11 Å². The van der Waals surface area contributed by atoms with E-state index in [9.17, 15) is 9.59 Å². The predicted octanol–water partition coefficient (Wildman–Crippen LogP) is 3.31. The Bertz CT molecular complexity index is 921. The molecule has 1 aromatic heterocycles. The van der Waals surface area contributed by atoms with Crippen molar-refractivity contribution in [1.29, 1.82) is 0 Å². The lowest BCUT2D eigenvalue weighted by atomic mass is 10.0. The molecule has 0 bridgehead atoms. The first-order valence-electron chi connectivity index (χ1n) is 7.49. The Hall–Kier alpha value is -2.95. The van der Waals surface area contributed by atoms with Crippen molar-refractivity contribution < 1.29 is 14.7 Å². The van der Waals surface area contributed by atoms with Crippen LogP contribution in [0.4, 0.5) is 0 Å². The van der Waals surface area contributed by atoms with Gasteiger partial charge in [-0.3, -0.25) is 9.48 Å². The summed E-state index contributed by atoms with van der Waals surface area (Å²) in [5, 5.41) is 14.3. The van der Waals surface area contributed by atoms with Crippen molar-refractivity contribution in [2.24, 2.45) is 0 Å². The number of aromatic nitrogens is 2. The van der Waals surface area contributed by atoms with Crippen molar-refractivity contribution in [3.05, 3.63) is 54.2 Å². The van der Waals surface area contributed by atoms with E-state index in [1.54, 1.807) is 24.3 Å². The van der Waals surface area contributed by atoms with Crippen LogP contribution in [0.1, 0.15) is 29.2 Å². The number of nitrogens with zero attached hydrogens (tertiary/aromatic N) is 2. The number of aliphatic carboxylic acids is 1. The van der Waals surface area contributed by atoms with E-state index in [1.165, 1.54) is 12.8 Å². The van der Waals surface area contributed by atoms with Crippen molar-refractivity contribution in [3.8, 4) is 11.1 Å². The van der Waals surface area contributed by atoms with E-state index in [2.05, 4.69) is 15.8 Å². The Balaban J connectivity index is 1.72. The molecule has 5 nitrogen and oxygen atoms in total. The normalized spacial score (nSPS) is 14.1. The van der Waals surface area contributed by atoms with Gasteiger partial charge in [-0.25, -0.2) is 4.79 Å². The summed E-state index contributed by atoms with van der Waals surface area (Å²) in [4.78, 5) is 22.2. The second kappa shape index (κ2) is 5.05. The second-order valence-electron chi connectivity index (χ2n) is 5.81. The van der Waals surface area contributed by atoms with Crippen molar-refractivity contribution >= 4 is 22.7 Å². The molecule has 114 valence electrons. The fourth-order valence-corrected chi connectivity index (χ4v) is 2.77. The maximum Gasteiger partial charge on any atom is 0.377 e. The van der Waals surface area contributed by atoms with Gasteiger partial charge in [-0.05, 0) is 30.0 Å². The molecule has 0 saturated heterocycles. The molecular formula is C18H14N2O3. The first-order valence-corrected chi connectivity index (χ1v) is 7.49. The molecule has 0 atom stereocenters. The number of carbonyl (C=O) groups is 2. The molecule has 3 aromatic rings. The summed E-state index contributed by atoms with van der Waals surface area (Å²) < 4.78 is 2.07. The van der Waals surface area contributed by atoms with Gasteiger partial charge in [-0.1, -0.05) is 36.4 Å². The molecule has 2 aromatic carbocycles. The summed E-state index contributed by atoms with van der Waals surface area (Å²) in [5.41, 5.74) is 3.26. The fraction of sp³-hybridized carbons (Fsp3) is 0.167. The third-order valence-corrected chi connectivity index (χ3v) is 4.17. The minimum Gasteiger partial charge on any atom is -0.475 e. The SMILES string of the molecule is O=C(O)C(=O)c1ccc(-c2ccc3cnn(C4CC4)c3c2)cc1. The molecule has 0 amide bonds. The number of carbonyl (C=O) groups excluding carboxylic acids is 1. The lowest BCUT2D eigenvalue weighted by Crippen LogP contribution is -2.12. The van der Waals surface area contributed by atoms with Crippen LogP contribution in [0.2, 0.25) is 0 Å². The topological polar surface area (TPSA) is 72.2 Å². The summed E-state index contributed by atoms with van der Waals surface area (Å²) in [6.45, 7) is 0. The van der Waals surface area contributed by atoms with Crippen LogP contribution < -0.4 is 0 Å². The van der Waals surface area contributed by atoms with Gasteiger partial charge in [0.2, 0.25) is 0 Å². The van der Waals surface area contributed by atoms with Crippen molar-refractivity contribution in [1.82, 2.24) is 9.78 Å². The Morgan fingerprint density at radius 2 is 1.74 bits per heavy atom. The van der Waals surface area contributed by atoms with Crippen molar-refractivity contribution in [2.45, 2.75) is 18.9 Å². The molecule has 1 aliphatic carbocycles. The third-order valence-electron chi connectivity index (χ3n) is 4.17. The Morgan fingerprint density at radius 1 is 1.04 bits per heavy atom. The molecule has 0 aliphatic heterocycles. The second-order valence-corrected chi connectivity index (χ2v) is 5.81. The number of rotatable bonds is 4. The highest BCUT2D eigenvalue weighted by Gasteiger charge is 2.25. The van der Waals surface area contributed by atoms with E-state index in [1.807, 2.05) is 18.3 Å². The number of benzene rings is 2. The number of hydrogen-bond acceptors (Lipinski definition) is 3. The number of ketones is 1. The average Bonchev–Trinajstić information content (AvgIpc) is 3.33. The lowest BCUT2D eigenvalue weighted by Gasteiger charge is -2.05. The molecule has 1 heterocycles. The minimum absolute atomic E-state index is 0.186. The highest BCUT2D eigenvalue weighted by molar-refractivity contribution is 6.39. The highest BCUT2D eigenvalue weighted by atomic mass is 16.4. The molecule has 4 rings (SSSR count). The molecule has 23 heavy (non-hydrogen) atoms. The van der Waals surface area contributed by atoms with Crippen LogP contribution in [-0.2, 0) is 4.79 Å². The number of carboxylic acid groups (broad SMARTS) is 1. The lowest BCUT2D eigenvalue weighted by molar-refractivity contribution is -0.131. The number of hydrogen-bond donors (Lipinski definition) is 1. The van der Waals surface area contributed by atoms with Gasteiger partial charge in [-0.2, -0.15) is 5.10 Å².